The Morgan fingerprint density at radius 3 is 2.59 bits per heavy atom. The molecule has 1 aromatic rings. The molecule has 0 bridgehead atoms. The largest absolute Gasteiger partial charge is 0.294 e. The lowest BCUT2D eigenvalue weighted by molar-refractivity contribution is 0.221. The molecule has 0 saturated heterocycles. The molecular formula is C12H21BrClN3. The third kappa shape index (κ3) is 3.70. The van der Waals surface area contributed by atoms with Gasteiger partial charge in [-0.3, -0.25) is 9.58 Å². The van der Waals surface area contributed by atoms with Crippen LogP contribution < -0.4 is 0 Å². The van der Waals surface area contributed by atoms with Crippen LogP contribution >= 0.6 is 27.5 Å². The van der Waals surface area contributed by atoms with Gasteiger partial charge in [0.05, 0.1) is 16.4 Å². The van der Waals surface area contributed by atoms with Crippen LogP contribution in [-0.4, -0.2) is 32.6 Å². The van der Waals surface area contributed by atoms with Crippen molar-refractivity contribution in [2.75, 3.05) is 11.9 Å². The lowest BCUT2D eigenvalue weighted by Gasteiger charge is -2.25. The summed E-state index contributed by atoms with van der Waals surface area (Å²) in [7, 11) is 0. The molecule has 0 aliphatic heterocycles. The van der Waals surface area contributed by atoms with E-state index in [2.05, 4.69) is 46.7 Å². The number of alkyl halides is 1. The average molecular weight is 323 g/mol. The van der Waals surface area contributed by atoms with E-state index in [0.29, 0.717) is 6.04 Å². The summed E-state index contributed by atoms with van der Waals surface area (Å²) < 4.78 is 2.00. The van der Waals surface area contributed by atoms with Crippen molar-refractivity contribution in [1.29, 1.82) is 0 Å². The number of aromatic nitrogens is 2. The first kappa shape index (κ1) is 15.0. The van der Waals surface area contributed by atoms with Gasteiger partial charge in [-0.05, 0) is 27.7 Å². The van der Waals surface area contributed by atoms with Crippen LogP contribution in [-0.2, 0) is 13.1 Å². The van der Waals surface area contributed by atoms with E-state index in [-0.39, 0.29) is 0 Å². The molecule has 1 aromatic heterocycles. The molecule has 0 saturated carbocycles. The normalized spacial score (nSPS) is 11.8. The second kappa shape index (κ2) is 6.76. The summed E-state index contributed by atoms with van der Waals surface area (Å²) >= 11 is 9.81. The summed E-state index contributed by atoms with van der Waals surface area (Å²) in [5, 5.41) is 6.23. The monoisotopic (exact) mass is 321 g/mol. The summed E-state index contributed by atoms with van der Waals surface area (Å²) in [5.41, 5.74) is 2.05. The number of hydrogen-bond acceptors (Lipinski definition) is 2. The van der Waals surface area contributed by atoms with Gasteiger partial charge in [-0.15, -0.1) is 0 Å². The Morgan fingerprint density at radius 2 is 2.12 bits per heavy atom. The Labute approximate surface area is 117 Å². The van der Waals surface area contributed by atoms with E-state index < -0.39 is 0 Å². The number of nitrogens with zero attached hydrogens (tertiary/aromatic N) is 3. The maximum absolute atomic E-state index is 6.32. The summed E-state index contributed by atoms with van der Waals surface area (Å²) in [5.74, 6) is 0. The third-order valence-electron chi connectivity index (χ3n) is 2.91. The van der Waals surface area contributed by atoms with Crippen LogP contribution in [0.25, 0.3) is 0 Å². The highest BCUT2D eigenvalue weighted by Crippen LogP contribution is 2.22. The Balaban J connectivity index is 2.91. The highest BCUT2D eigenvalue weighted by molar-refractivity contribution is 9.09. The van der Waals surface area contributed by atoms with Gasteiger partial charge in [-0.1, -0.05) is 27.5 Å². The fraction of sp³-hybridized carbons (Fsp3) is 0.750. The van der Waals surface area contributed by atoms with E-state index in [1.54, 1.807) is 0 Å². The van der Waals surface area contributed by atoms with Gasteiger partial charge >= 0.3 is 0 Å². The molecule has 98 valence electrons. The van der Waals surface area contributed by atoms with Crippen molar-refractivity contribution >= 4 is 27.5 Å². The Hall–Kier alpha value is -0.0600. The van der Waals surface area contributed by atoms with Crippen LogP contribution in [0.4, 0.5) is 0 Å². The quantitative estimate of drug-likeness (QED) is 0.748. The smallest absolute Gasteiger partial charge is 0.0860 e. The molecule has 0 aliphatic rings. The second-order valence-corrected chi connectivity index (χ2v) is 5.59. The van der Waals surface area contributed by atoms with Crippen molar-refractivity contribution in [3.05, 3.63) is 16.4 Å². The van der Waals surface area contributed by atoms with E-state index in [9.17, 15) is 0 Å². The average Bonchev–Trinajstić information content (AvgIpc) is 2.55. The molecule has 1 rings (SSSR count). The van der Waals surface area contributed by atoms with Crippen LogP contribution in [0.2, 0.25) is 5.02 Å². The SMILES string of the molecule is CCn1nc(C)c(Cl)c1CN(CCBr)C(C)C. The van der Waals surface area contributed by atoms with E-state index in [0.717, 1.165) is 41.4 Å². The van der Waals surface area contributed by atoms with Crippen molar-refractivity contribution in [3.63, 3.8) is 0 Å². The van der Waals surface area contributed by atoms with Crippen molar-refractivity contribution < 1.29 is 0 Å². The number of halogens is 2. The zero-order valence-electron chi connectivity index (χ0n) is 11.0. The van der Waals surface area contributed by atoms with Gasteiger partial charge in [0.25, 0.3) is 0 Å². The van der Waals surface area contributed by atoms with E-state index >= 15 is 0 Å². The molecule has 0 N–H and O–H groups in total. The Kier molecular flexibility index (Phi) is 5.97. The van der Waals surface area contributed by atoms with Crippen molar-refractivity contribution in [2.45, 2.75) is 46.8 Å². The zero-order chi connectivity index (χ0) is 13.0. The molecular weight excluding hydrogens is 302 g/mol. The van der Waals surface area contributed by atoms with E-state index in [4.69, 9.17) is 11.6 Å². The first-order valence-electron chi connectivity index (χ1n) is 6.03. The van der Waals surface area contributed by atoms with Crippen LogP contribution in [0.15, 0.2) is 0 Å². The minimum absolute atomic E-state index is 0.504. The van der Waals surface area contributed by atoms with E-state index in [1.807, 2.05) is 11.6 Å². The molecule has 5 heteroatoms. The lowest BCUT2D eigenvalue weighted by Crippen LogP contribution is -2.33. The molecule has 0 amide bonds. The van der Waals surface area contributed by atoms with Gasteiger partial charge in [0.15, 0.2) is 0 Å². The number of aryl methyl sites for hydroxylation is 2. The van der Waals surface area contributed by atoms with Crippen LogP contribution in [0.1, 0.15) is 32.2 Å². The topological polar surface area (TPSA) is 21.1 Å². The molecule has 0 fully saturated rings. The van der Waals surface area contributed by atoms with Crippen molar-refractivity contribution in [1.82, 2.24) is 14.7 Å². The highest BCUT2D eigenvalue weighted by Gasteiger charge is 2.17. The molecule has 0 aliphatic carbocycles. The minimum Gasteiger partial charge on any atom is -0.294 e. The number of hydrogen-bond donors (Lipinski definition) is 0. The van der Waals surface area contributed by atoms with E-state index in [1.165, 1.54) is 0 Å². The molecule has 0 aromatic carbocycles. The Morgan fingerprint density at radius 1 is 1.47 bits per heavy atom. The van der Waals surface area contributed by atoms with Gasteiger partial charge in [-0.2, -0.15) is 5.10 Å². The molecule has 17 heavy (non-hydrogen) atoms. The maximum atomic E-state index is 6.32. The summed E-state index contributed by atoms with van der Waals surface area (Å²) in [6, 6.07) is 0.504. The van der Waals surface area contributed by atoms with Crippen LogP contribution in [0.3, 0.4) is 0 Å². The first-order chi connectivity index (χ1) is 8.01. The molecule has 3 nitrogen and oxygen atoms in total. The Bertz CT molecular complexity index is 363. The lowest BCUT2D eigenvalue weighted by atomic mass is 10.2. The predicted molar refractivity (Wildman–Crippen MR) is 77.0 cm³/mol. The molecule has 1 heterocycles. The van der Waals surface area contributed by atoms with Gasteiger partial charge in [0.1, 0.15) is 0 Å². The van der Waals surface area contributed by atoms with Crippen LogP contribution in [0, 0.1) is 6.92 Å². The van der Waals surface area contributed by atoms with Gasteiger partial charge < -0.3 is 0 Å². The fourth-order valence-electron chi connectivity index (χ4n) is 1.84. The van der Waals surface area contributed by atoms with Crippen molar-refractivity contribution in [3.8, 4) is 0 Å². The summed E-state index contributed by atoms with van der Waals surface area (Å²) in [6.45, 7) is 11.2. The number of rotatable bonds is 6. The zero-order valence-corrected chi connectivity index (χ0v) is 13.3. The highest BCUT2D eigenvalue weighted by atomic mass is 79.9. The maximum Gasteiger partial charge on any atom is 0.0860 e. The minimum atomic E-state index is 0.504. The van der Waals surface area contributed by atoms with Gasteiger partial charge in [0.2, 0.25) is 0 Å². The molecule has 0 radical (unpaired) electrons. The van der Waals surface area contributed by atoms with Gasteiger partial charge in [0, 0.05) is 31.0 Å². The van der Waals surface area contributed by atoms with Crippen LogP contribution in [0.5, 0.6) is 0 Å². The molecule has 0 spiro atoms. The molecule has 0 unspecified atom stereocenters. The third-order valence-corrected chi connectivity index (χ3v) is 3.75. The first-order valence-corrected chi connectivity index (χ1v) is 7.53. The summed E-state index contributed by atoms with van der Waals surface area (Å²) in [6.07, 6.45) is 0. The molecule has 0 atom stereocenters. The second-order valence-electron chi connectivity index (χ2n) is 4.42. The predicted octanol–water partition coefficient (Wildman–Crippen LogP) is 3.47. The summed E-state index contributed by atoms with van der Waals surface area (Å²) in [4.78, 5) is 2.39. The standard InChI is InChI=1S/C12H21BrClN3/c1-5-17-11(12(14)10(4)15-17)8-16(7-6-13)9(2)3/h9H,5-8H2,1-4H3. The van der Waals surface area contributed by atoms with Crippen molar-refractivity contribution in [2.24, 2.45) is 0 Å². The van der Waals surface area contributed by atoms with Gasteiger partial charge in [-0.25, -0.2) is 0 Å². The fourth-order valence-corrected chi connectivity index (χ4v) is 2.49.